The fourth-order valence-electron chi connectivity index (χ4n) is 1.64. The Morgan fingerprint density at radius 3 is 2.81 bits per heavy atom. The molecule has 0 aromatic carbocycles. The molecule has 0 bridgehead atoms. The van der Waals surface area contributed by atoms with Crippen LogP contribution in [0.4, 0.5) is 0 Å². The van der Waals surface area contributed by atoms with E-state index in [4.69, 9.17) is 4.74 Å². The summed E-state index contributed by atoms with van der Waals surface area (Å²) in [5.74, 6) is 1.48. The van der Waals surface area contributed by atoms with E-state index in [0.29, 0.717) is 19.1 Å². The Bertz CT molecular complexity index is 418. The molecule has 1 aromatic heterocycles. The fraction of sp³-hybridized carbons (Fsp3) is 0.733. The van der Waals surface area contributed by atoms with Gasteiger partial charge in [-0.25, -0.2) is 4.98 Å². The number of hydrogen-bond acceptors (Lipinski definition) is 4. The number of thiazole rings is 1. The zero-order valence-electron chi connectivity index (χ0n) is 13.6. The Kier molecular flexibility index (Phi) is 9.01. The lowest BCUT2D eigenvalue weighted by atomic mass is 10.1. The SMILES string of the molecule is CCc1cnc(CNC(=NC)NCCOCCC(C)C)s1. The van der Waals surface area contributed by atoms with E-state index in [2.05, 4.69) is 41.4 Å². The summed E-state index contributed by atoms with van der Waals surface area (Å²) < 4.78 is 5.56. The van der Waals surface area contributed by atoms with Gasteiger partial charge in [0.05, 0.1) is 13.2 Å². The molecule has 0 amide bonds. The van der Waals surface area contributed by atoms with Crippen molar-refractivity contribution >= 4 is 17.3 Å². The van der Waals surface area contributed by atoms with Crippen molar-refractivity contribution in [1.82, 2.24) is 15.6 Å². The minimum absolute atomic E-state index is 0.693. The third-order valence-electron chi connectivity index (χ3n) is 2.96. The molecule has 1 rings (SSSR count). The molecule has 5 nitrogen and oxygen atoms in total. The second kappa shape index (κ2) is 10.6. The van der Waals surface area contributed by atoms with Crippen LogP contribution in [0.25, 0.3) is 0 Å². The largest absolute Gasteiger partial charge is 0.380 e. The maximum absolute atomic E-state index is 5.56. The van der Waals surface area contributed by atoms with Crippen LogP contribution in [0.3, 0.4) is 0 Å². The molecule has 0 radical (unpaired) electrons. The van der Waals surface area contributed by atoms with Gasteiger partial charge in [0.2, 0.25) is 0 Å². The maximum Gasteiger partial charge on any atom is 0.191 e. The smallest absolute Gasteiger partial charge is 0.191 e. The number of guanidine groups is 1. The number of nitrogens with zero attached hydrogens (tertiary/aromatic N) is 2. The second-order valence-electron chi connectivity index (χ2n) is 5.22. The molecule has 21 heavy (non-hydrogen) atoms. The van der Waals surface area contributed by atoms with Crippen LogP contribution in [0.1, 0.15) is 37.1 Å². The number of aromatic nitrogens is 1. The summed E-state index contributed by atoms with van der Waals surface area (Å²) in [4.78, 5) is 9.88. The van der Waals surface area contributed by atoms with Gasteiger partial charge in [0.15, 0.2) is 5.96 Å². The van der Waals surface area contributed by atoms with Crippen molar-refractivity contribution in [2.75, 3.05) is 26.8 Å². The number of hydrogen-bond donors (Lipinski definition) is 2. The molecular formula is C15H28N4OS. The zero-order chi connectivity index (χ0) is 15.5. The molecule has 2 N–H and O–H groups in total. The lowest BCUT2D eigenvalue weighted by Crippen LogP contribution is -2.38. The monoisotopic (exact) mass is 312 g/mol. The summed E-state index contributed by atoms with van der Waals surface area (Å²) in [6.07, 6.45) is 4.09. The van der Waals surface area contributed by atoms with Gasteiger partial charge in [-0.3, -0.25) is 4.99 Å². The number of rotatable bonds is 9. The molecule has 0 aliphatic carbocycles. The van der Waals surface area contributed by atoms with Gasteiger partial charge < -0.3 is 15.4 Å². The predicted octanol–water partition coefficient (Wildman–Crippen LogP) is 2.43. The van der Waals surface area contributed by atoms with Crippen molar-refractivity contribution in [3.05, 3.63) is 16.1 Å². The van der Waals surface area contributed by atoms with E-state index in [1.54, 1.807) is 18.4 Å². The van der Waals surface area contributed by atoms with Gasteiger partial charge >= 0.3 is 0 Å². The van der Waals surface area contributed by atoms with Gasteiger partial charge in [0.25, 0.3) is 0 Å². The Labute approximate surface area is 132 Å². The molecule has 120 valence electrons. The average Bonchev–Trinajstić information content (AvgIpc) is 2.93. The molecule has 0 saturated heterocycles. The average molecular weight is 312 g/mol. The molecule has 1 heterocycles. The van der Waals surface area contributed by atoms with Crippen molar-refractivity contribution in [3.63, 3.8) is 0 Å². The van der Waals surface area contributed by atoms with E-state index in [0.717, 1.165) is 37.0 Å². The zero-order valence-corrected chi connectivity index (χ0v) is 14.4. The first-order valence-electron chi connectivity index (χ1n) is 7.61. The van der Waals surface area contributed by atoms with Crippen LogP contribution in [0, 0.1) is 5.92 Å². The lowest BCUT2D eigenvalue weighted by molar-refractivity contribution is 0.128. The summed E-state index contributed by atoms with van der Waals surface area (Å²) in [6, 6.07) is 0. The molecule has 6 heteroatoms. The Hall–Kier alpha value is -1.14. The van der Waals surface area contributed by atoms with Crippen LogP contribution >= 0.6 is 11.3 Å². The highest BCUT2D eigenvalue weighted by Gasteiger charge is 2.02. The van der Waals surface area contributed by atoms with Crippen molar-refractivity contribution in [3.8, 4) is 0 Å². The maximum atomic E-state index is 5.56. The summed E-state index contributed by atoms with van der Waals surface area (Å²) in [5.41, 5.74) is 0. The molecule has 0 aliphatic rings. The van der Waals surface area contributed by atoms with E-state index >= 15 is 0 Å². The number of ether oxygens (including phenoxy) is 1. The third kappa shape index (κ3) is 8.02. The quantitative estimate of drug-likeness (QED) is 0.418. The van der Waals surface area contributed by atoms with Crippen molar-refractivity contribution in [2.24, 2.45) is 10.9 Å². The molecule has 0 unspecified atom stereocenters. The van der Waals surface area contributed by atoms with Crippen molar-refractivity contribution < 1.29 is 4.74 Å². The Morgan fingerprint density at radius 1 is 1.38 bits per heavy atom. The number of nitrogens with one attached hydrogen (secondary N) is 2. The molecule has 1 aromatic rings. The van der Waals surface area contributed by atoms with Crippen LogP contribution in [0.15, 0.2) is 11.2 Å². The molecule has 0 atom stereocenters. The van der Waals surface area contributed by atoms with E-state index in [1.807, 2.05) is 6.20 Å². The lowest BCUT2D eigenvalue weighted by Gasteiger charge is -2.11. The first-order chi connectivity index (χ1) is 10.2. The van der Waals surface area contributed by atoms with Crippen LogP contribution in [0.5, 0.6) is 0 Å². The Balaban J connectivity index is 2.14. The molecule has 0 fully saturated rings. The summed E-state index contributed by atoms with van der Waals surface area (Å²) in [6.45, 7) is 9.54. The first-order valence-corrected chi connectivity index (χ1v) is 8.43. The summed E-state index contributed by atoms with van der Waals surface area (Å²) in [7, 11) is 1.77. The minimum atomic E-state index is 0.693. The van der Waals surface area contributed by atoms with Gasteiger partial charge in [0, 0.05) is 31.3 Å². The second-order valence-corrected chi connectivity index (χ2v) is 6.42. The van der Waals surface area contributed by atoms with Gasteiger partial charge in [-0.2, -0.15) is 0 Å². The highest BCUT2D eigenvalue weighted by Crippen LogP contribution is 2.12. The highest BCUT2D eigenvalue weighted by molar-refractivity contribution is 7.11. The highest BCUT2D eigenvalue weighted by atomic mass is 32.1. The molecule has 0 spiro atoms. The van der Waals surface area contributed by atoms with Crippen molar-refractivity contribution in [1.29, 1.82) is 0 Å². The van der Waals surface area contributed by atoms with Gasteiger partial charge in [0.1, 0.15) is 5.01 Å². The van der Waals surface area contributed by atoms with E-state index < -0.39 is 0 Å². The summed E-state index contributed by atoms with van der Waals surface area (Å²) in [5, 5.41) is 7.59. The fourth-order valence-corrected chi connectivity index (χ4v) is 2.44. The minimum Gasteiger partial charge on any atom is -0.380 e. The molecule has 0 aliphatic heterocycles. The number of aliphatic imine (C=N–C) groups is 1. The predicted molar refractivity (Wildman–Crippen MR) is 90.0 cm³/mol. The third-order valence-corrected chi connectivity index (χ3v) is 4.10. The first kappa shape index (κ1) is 17.9. The number of aryl methyl sites for hydroxylation is 1. The van der Waals surface area contributed by atoms with Crippen LogP contribution in [0.2, 0.25) is 0 Å². The molecular weight excluding hydrogens is 284 g/mol. The molecule has 0 saturated carbocycles. The van der Waals surface area contributed by atoms with Crippen molar-refractivity contribution in [2.45, 2.75) is 40.2 Å². The Morgan fingerprint density at radius 2 is 2.19 bits per heavy atom. The standard InChI is InChI=1S/C15H28N4OS/c1-5-13-10-18-14(21-13)11-19-15(16-4)17-7-9-20-8-6-12(2)3/h10,12H,5-9,11H2,1-4H3,(H2,16,17,19). The van der Waals surface area contributed by atoms with Gasteiger partial charge in [-0.05, 0) is 18.8 Å². The van der Waals surface area contributed by atoms with Crippen LogP contribution in [-0.4, -0.2) is 37.7 Å². The van der Waals surface area contributed by atoms with Crippen LogP contribution in [-0.2, 0) is 17.7 Å². The van der Waals surface area contributed by atoms with E-state index in [9.17, 15) is 0 Å². The van der Waals surface area contributed by atoms with E-state index in [1.165, 1.54) is 4.88 Å². The van der Waals surface area contributed by atoms with Crippen LogP contribution < -0.4 is 10.6 Å². The van der Waals surface area contributed by atoms with Gasteiger partial charge in [-0.15, -0.1) is 11.3 Å². The van der Waals surface area contributed by atoms with Gasteiger partial charge in [-0.1, -0.05) is 20.8 Å². The topological polar surface area (TPSA) is 58.5 Å². The normalized spacial score (nSPS) is 12.0. The van der Waals surface area contributed by atoms with E-state index in [-0.39, 0.29) is 0 Å². The summed E-state index contributed by atoms with van der Waals surface area (Å²) >= 11 is 1.74.